The summed E-state index contributed by atoms with van der Waals surface area (Å²) in [6.07, 6.45) is 1.48. The Bertz CT molecular complexity index is 1130. The lowest BCUT2D eigenvalue weighted by molar-refractivity contribution is 0.262. The van der Waals surface area contributed by atoms with Crippen molar-refractivity contribution in [2.75, 3.05) is 23.1 Å². The second-order valence-corrected chi connectivity index (χ2v) is 6.23. The van der Waals surface area contributed by atoms with Gasteiger partial charge in [-0.3, -0.25) is 0 Å². The van der Waals surface area contributed by atoms with Gasteiger partial charge in [-0.1, -0.05) is 36.4 Å². The van der Waals surface area contributed by atoms with Gasteiger partial charge >= 0.3 is 6.03 Å². The Morgan fingerprint density at radius 1 is 0.862 bits per heavy atom. The van der Waals surface area contributed by atoms with Crippen LogP contribution >= 0.6 is 0 Å². The number of carbonyl (C=O) groups is 1. The molecule has 0 saturated heterocycles. The Hall–Kier alpha value is -4.13. The summed E-state index contributed by atoms with van der Waals surface area (Å²) in [6.45, 7) is 0. The summed E-state index contributed by atoms with van der Waals surface area (Å²) in [4.78, 5) is 21.1. The molecule has 2 amide bonds. The van der Waals surface area contributed by atoms with E-state index in [9.17, 15) is 4.79 Å². The van der Waals surface area contributed by atoms with Crippen molar-refractivity contribution in [2.45, 2.75) is 0 Å². The lowest BCUT2D eigenvalue weighted by Gasteiger charge is -2.14. The van der Waals surface area contributed by atoms with Crippen LogP contribution in [0.4, 0.5) is 27.7 Å². The molecule has 3 N–H and O–H groups in total. The zero-order valence-corrected chi connectivity index (χ0v) is 15.7. The number of urea groups is 1. The van der Waals surface area contributed by atoms with Crippen LogP contribution in [0.15, 0.2) is 79.1 Å². The van der Waals surface area contributed by atoms with Gasteiger partial charge in [0.1, 0.15) is 17.9 Å². The summed E-state index contributed by atoms with van der Waals surface area (Å²) in [6, 6.07) is 22.2. The van der Waals surface area contributed by atoms with Crippen molar-refractivity contribution in [3.8, 4) is 5.75 Å². The number of nitrogens with one attached hydrogen (secondary N) is 3. The molecular weight excluding hydrogens is 366 g/mol. The van der Waals surface area contributed by atoms with Crippen LogP contribution in [0.5, 0.6) is 5.75 Å². The fourth-order valence-electron chi connectivity index (χ4n) is 2.91. The summed E-state index contributed by atoms with van der Waals surface area (Å²) < 4.78 is 5.48. The molecule has 4 aromatic rings. The van der Waals surface area contributed by atoms with E-state index in [1.165, 1.54) is 6.33 Å². The Labute approximate surface area is 167 Å². The fraction of sp³-hybridized carbons (Fsp3) is 0.0455. The van der Waals surface area contributed by atoms with Gasteiger partial charge in [0.2, 0.25) is 0 Å². The first-order chi connectivity index (χ1) is 14.2. The highest BCUT2D eigenvalue weighted by Gasteiger charge is 2.13. The third-order valence-electron chi connectivity index (χ3n) is 4.27. The third-order valence-corrected chi connectivity index (χ3v) is 4.27. The largest absolute Gasteiger partial charge is 0.495 e. The first-order valence-corrected chi connectivity index (χ1v) is 9.01. The van der Waals surface area contributed by atoms with Gasteiger partial charge in [0.05, 0.1) is 18.3 Å². The number of rotatable bonds is 5. The van der Waals surface area contributed by atoms with E-state index >= 15 is 0 Å². The van der Waals surface area contributed by atoms with Crippen LogP contribution in [0.1, 0.15) is 0 Å². The predicted octanol–water partition coefficient (Wildman–Crippen LogP) is 5.03. The van der Waals surface area contributed by atoms with Gasteiger partial charge in [-0.15, -0.1) is 0 Å². The smallest absolute Gasteiger partial charge is 0.323 e. The molecule has 0 fully saturated rings. The Morgan fingerprint density at radius 3 is 2.24 bits per heavy atom. The molecule has 1 aromatic heterocycles. The molecule has 0 spiro atoms. The summed E-state index contributed by atoms with van der Waals surface area (Å²) in [5.41, 5.74) is 2.80. The summed E-state index contributed by atoms with van der Waals surface area (Å²) in [7, 11) is 1.55. The molecule has 0 saturated carbocycles. The van der Waals surface area contributed by atoms with Gasteiger partial charge in [-0.2, -0.15) is 0 Å². The average molecular weight is 385 g/mol. The van der Waals surface area contributed by atoms with Gasteiger partial charge in [0.15, 0.2) is 0 Å². The van der Waals surface area contributed by atoms with Crippen molar-refractivity contribution in [1.82, 2.24) is 9.97 Å². The molecule has 3 aromatic carbocycles. The van der Waals surface area contributed by atoms with Gasteiger partial charge in [-0.05, 0) is 36.4 Å². The Morgan fingerprint density at radius 2 is 1.55 bits per heavy atom. The summed E-state index contributed by atoms with van der Waals surface area (Å²) in [5, 5.41) is 9.66. The SMILES string of the molecule is COc1cc2c(Nc3ccccc3)ncnc2cc1NC(=O)Nc1ccccc1. The van der Waals surface area contributed by atoms with Crippen LogP contribution in [0, 0.1) is 0 Å². The van der Waals surface area contributed by atoms with Crippen LogP contribution in [-0.4, -0.2) is 23.1 Å². The number of aromatic nitrogens is 2. The Balaban J connectivity index is 1.63. The van der Waals surface area contributed by atoms with Gasteiger partial charge in [0.25, 0.3) is 0 Å². The number of carbonyl (C=O) groups excluding carboxylic acids is 1. The van der Waals surface area contributed by atoms with Crippen molar-refractivity contribution in [3.05, 3.63) is 79.1 Å². The van der Waals surface area contributed by atoms with E-state index in [2.05, 4.69) is 25.9 Å². The second-order valence-electron chi connectivity index (χ2n) is 6.23. The molecule has 0 radical (unpaired) electrons. The molecule has 7 nitrogen and oxygen atoms in total. The quantitative estimate of drug-likeness (QED) is 0.449. The number of hydrogen-bond acceptors (Lipinski definition) is 5. The third kappa shape index (κ3) is 4.24. The minimum Gasteiger partial charge on any atom is -0.495 e. The number of para-hydroxylation sites is 2. The molecule has 0 bridgehead atoms. The maximum atomic E-state index is 12.4. The molecule has 4 rings (SSSR count). The Kier molecular flexibility index (Phi) is 5.20. The highest BCUT2D eigenvalue weighted by Crippen LogP contribution is 2.33. The normalized spacial score (nSPS) is 10.4. The zero-order valence-electron chi connectivity index (χ0n) is 15.7. The number of benzene rings is 3. The highest BCUT2D eigenvalue weighted by atomic mass is 16.5. The highest BCUT2D eigenvalue weighted by molar-refractivity contribution is 6.03. The zero-order chi connectivity index (χ0) is 20.1. The van der Waals surface area contributed by atoms with Crippen molar-refractivity contribution >= 4 is 39.8 Å². The number of fused-ring (bicyclic) bond motifs is 1. The van der Waals surface area contributed by atoms with E-state index in [1.54, 1.807) is 19.2 Å². The van der Waals surface area contributed by atoms with Crippen LogP contribution in [0.3, 0.4) is 0 Å². The summed E-state index contributed by atoms with van der Waals surface area (Å²) in [5.74, 6) is 1.16. The molecule has 0 aliphatic carbocycles. The molecule has 144 valence electrons. The minimum atomic E-state index is -0.370. The van der Waals surface area contributed by atoms with E-state index < -0.39 is 0 Å². The number of nitrogens with zero attached hydrogens (tertiary/aromatic N) is 2. The minimum absolute atomic E-state index is 0.370. The molecule has 0 aliphatic rings. The fourth-order valence-corrected chi connectivity index (χ4v) is 2.91. The van der Waals surface area contributed by atoms with E-state index in [1.807, 2.05) is 60.7 Å². The van der Waals surface area contributed by atoms with Crippen molar-refractivity contribution in [1.29, 1.82) is 0 Å². The number of ether oxygens (including phenoxy) is 1. The predicted molar refractivity (Wildman–Crippen MR) is 115 cm³/mol. The van der Waals surface area contributed by atoms with E-state index in [0.717, 1.165) is 11.1 Å². The molecule has 0 atom stereocenters. The van der Waals surface area contributed by atoms with Gasteiger partial charge < -0.3 is 20.7 Å². The molecular formula is C22H19N5O2. The second kappa shape index (κ2) is 8.26. The van der Waals surface area contributed by atoms with E-state index in [0.29, 0.717) is 28.5 Å². The molecule has 29 heavy (non-hydrogen) atoms. The van der Waals surface area contributed by atoms with Crippen molar-refractivity contribution in [2.24, 2.45) is 0 Å². The number of amides is 2. The van der Waals surface area contributed by atoms with Gasteiger partial charge in [0, 0.05) is 16.8 Å². The molecule has 7 heteroatoms. The first kappa shape index (κ1) is 18.2. The van der Waals surface area contributed by atoms with Gasteiger partial charge in [-0.25, -0.2) is 14.8 Å². The molecule has 1 heterocycles. The standard InChI is InChI=1S/C22H19N5O2/c1-29-20-12-17-18(23-14-24-21(17)25-15-8-4-2-5-9-15)13-19(20)27-22(28)26-16-10-6-3-7-11-16/h2-14H,1H3,(H,23,24,25)(H2,26,27,28). The number of anilines is 4. The maximum absolute atomic E-state index is 12.4. The maximum Gasteiger partial charge on any atom is 0.323 e. The van der Waals surface area contributed by atoms with E-state index in [-0.39, 0.29) is 6.03 Å². The van der Waals surface area contributed by atoms with Crippen LogP contribution < -0.4 is 20.7 Å². The van der Waals surface area contributed by atoms with Crippen molar-refractivity contribution < 1.29 is 9.53 Å². The van der Waals surface area contributed by atoms with Crippen LogP contribution in [-0.2, 0) is 0 Å². The lowest BCUT2D eigenvalue weighted by atomic mass is 10.2. The number of methoxy groups -OCH3 is 1. The topological polar surface area (TPSA) is 88.2 Å². The molecule has 0 unspecified atom stereocenters. The van der Waals surface area contributed by atoms with Crippen LogP contribution in [0.25, 0.3) is 10.9 Å². The van der Waals surface area contributed by atoms with Crippen LogP contribution in [0.2, 0.25) is 0 Å². The number of hydrogen-bond donors (Lipinski definition) is 3. The average Bonchev–Trinajstić information content (AvgIpc) is 2.75. The first-order valence-electron chi connectivity index (χ1n) is 9.01. The molecule has 0 aliphatic heterocycles. The van der Waals surface area contributed by atoms with E-state index in [4.69, 9.17) is 4.74 Å². The lowest BCUT2D eigenvalue weighted by Crippen LogP contribution is -2.19. The monoisotopic (exact) mass is 385 g/mol. The van der Waals surface area contributed by atoms with Crippen molar-refractivity contribution in [3.63, 3.8) is 0 Å². The summed E-state index contributed by atoms with van der Waals surface area (Å²) >= 11 is 0.